The Bertz CT molecular complexity index is 2010. The van der Waals surface area contributed by atoms with Gasteiger partial charge in [-0.05, 0) is 109 Å². The van der Waals surface area contributed by atoms with Gasteiger partial charge in [0, 0.05) is 34.1 Å². The summed E-state index contributed by atoms with van der Waals surface area (Å²) in [5, 5.41) is 0. The molecule has 0 spiro atoms. The van der Waals surface area contributed by atoms with Gasteiger partial charge in [0.15, 0.2) is 0 Å². The Morgan fingerprint density at radius 2 is 1.04 bits per heavy atom. The fourth-order valence-corrected chi connectivity index (χ4v) is 6.17. The van der Waals surface area contributed by atoms with E-state index in [1.54, 1.807) is 0 Å². The van der Waals surface area contributed by atoms with Crippen LogP contribution < -0.4 is 9.80 Å². The van der Waals surface area contributed by atoms with Crippen LogP contribution in [0.2, 0.25) is 0 Å². The van der Waals surface area contributed by atoms with Crippen LogP contribution in [0, 0.1) is 5.92 Å². The lowest BCUT2D eigenvalue weighted by molar-refractivity contribution is 0.727. The minimum Gasteiger partial charge on any atom is -0.314 e. The molecule has 0 saturated carbocycles. The van der Waals surface area contributed by atoms with Gasteiger partial charge in [-0.1, -0.05) is 160 Å². The third-order valence-electron chi connectivity index (χ3n) is 8.91. The maximum absolute atomic E-state index is 12.3. The van der Waals surface area contributed by atoms with Gasteiger partial charge >= 0.3 is 0 Å². The number of para-hydroxylation sites is 3. The highest BCUT2D eigenvalue weighted by molar-refractivity contribution is 5.74. The molecule has 0 heterocycles. The molecule has 272 valence electrons. The smallest absolute Gasteiger partial charge is 0.0872 e. The van der Waals surface area contributed by atoms with Crippen molar-refractivity contribution in [1.29, 1.82) is 0 Å². The highest BCUT2D eigenvalue weighted by Crippen LogP contribution is 2.34. The molecule has 0 amide bonds. The van der Waals surface area contributed by atoms with Crippen molar-refractivity contribution in [2.45, 2.75) is 40.0 Å². The van der Waals surface area contributed by atoms with Crippen LogP contribution in [0.5, 0.6) is 0 Å². The van der Waals surface area contributed by atoms with Crippen molar-refractivity contribution < 1.29 is 4.39 Å². The molecule has 5 aromatic carbocycles. The first-order valence-corrected chi connectivity index (χ1v) is 19.0. The summed E-state index contributed by atoms with van der Waals surface area (Å²) in [5.41, 5.74) is 10.3. The summed E-state index contributed by atoms with van der Waals surface area (Å²) in [6, 6.07) is 48.0. The number of halogens is 1. The average Bonchev–Trinajstić information content (AvgIpc) is 3.22. The third-order valence-corrected chi connectivity index (χ3v) is 8.91. The summed E-state index contributed by atoms with van der Waals surface area (Å²) >= 11 is 0. The first kappa shape index (κ1) is 39.0. The zero-order valence-corrected chi connectivity index (χ0v) is 31.7. The molecule has 5 aromatic rings. The van der Waals surface area contributed by atoms with Gasteiger partial charge in [-0.15, -0.1) is 0 Å². The summed E-state index contributed by atoms with van der Waals surface area (Å²) in [6.45, 7) is 6.24. The molecule has 0 fully saturated rings. The van der Waals surface area contributed by atoms with Gasteiger partial charge in [0.1, 0.15) is 0 Å². The standard InChI is InChI=1S/C29H26FN.C20H19N.C2H6/c1-23-7-17-28(18-8-23)31(27-5-3-2-4-6-27)29-19-15-25(16-20-29)10-9-24-11-13-26(14-12-24)21-22-30;1-2-6-12-18(13-7-3-1)21(19-14-8-4-9-15-19)20-16-10-5-11-17-20;1-2/h2-7,9-23H,8H2,1H3;1-6,8-12,14-17H,7,13H2;1-2H3/b10-9+,22-21+;3-1-,6-2-,18-12+;. The quantitative estimate of drug-likeness (QED) is 0.141. The van der Waals surface area contributed by atoms with Gasteiger partial charge in [0.2, 0.25) is 0 Å². The monoisotopic (exact) mass is 710 g/mol. The Kier molecular flexibility index (Phi) is 15.4. The van der Waals surface area contributed by atoms with Crippen LogP contribution in [0.4, 0.5) is 27.1 Å². The van der Waals surface area contributed by atoms with Gasteiger partial charge in [-0.2, -0.15) is 0 Å². The topological polar surface area (TPSA) is 6.48 Å². The van der Waals surface area contributed by atoms with Crippen molar-refractivity contribution in [3.8, 4) is 0 Å². The number of benzene rings is 5. The van der Waals surface area contributed by atoms with Gasteiger partial charge in [-0.25, -0.2) is 4.39 Å². The number of rotatable bonds is 9. The average molecular weight is 711 g/mol. The molecule has 0 saturated heterocycles. The predicted octanol–water partition coefficient (Wildman–Crippen LogP) is 15.1. The van der Waals surface area contributed by atoms with Crippen LogP contribution in [0.25, 0.3) is 18.2 Å². The first-order valence-electron chi connectivity index (χ1n) is 19.0. The number of allylic oxidation sites excluding steroid dienone is 9. The number of anilines is 4. The van der Waals surface area contributed by atoms with Crippen molar-refractivity contribution in [1.82, 2.24) is 0 Å². The van der Waals surface area contributed by atoms with E-state index >= 15 is 0 Å². The fraction of sp³-hybridized carbons (Fsp3) is 0.137. The molecule has 54 heavy (non-hydrogen) atoms. The lowest BCUT2D eigenvalue weighted by Crippen LogP contribution is -2.17. The lowest BCUT2D eigenvalue weighted by atomic mass is 10.0. The van der Waals surface area contributed by atoms with Gasteiger partial charge in [0.05, 0.1) is 6.33 Å². The van der Waals surface area contributed by atoms with Crippen LogP contribution in [0.3, 0.4) is 0 Å². The molecule has 2 aliphatic rings. The maximum atomic E-state index is 12.3. The second-order valence-corrected chi connectivity index (χ2v) is 12.8. The Hall–Kier alpha value is -6.19. The molecule has 0 bridgehead atoms. The van der Waals surface area contributed by atoms with E-state index in [2.05, 4.69) is 187 Å². The van der Waals surface area contributed by atoms with Crippen molar-refractivity contribution in [2.24, 2.45) is 5.92 Å². The minimum atomic E-state index is 0.560. The second kappa shape index (κ2) is 21.4. The van der Waals surface area contributed by atoms with Crippen LogP contribution in [-0.2, 0) is 0 Å². The molecule has 1 atom stereocenters. The van der Waals surface area contributed by atoms with Crippen LogP contribution >= 0.6 is 0 Å². The van der Waals surface area contributed by atoms with Gasteiger partial charge in [-0.3, -0.25) is 0 Å². The van der Waals surface area contributed by atoms with Crippen LogP contribution in [0.1, 0.15) is 56.7 Å². The van der Waals surface area contributed by atoms with E-state index in [9.17, 15) is 4.39 Å². The maximum Gasteiger partial charge on any atom is 0.0872 e. The second-order valence-electron chi connectivity index (χ2n) is 12.8. The summed E-state index contributed by atoms with van der Waals surface area (Å²) < 4.78 is 12.3. The molecule has 7 rings (SSSR count). The normalized spacial score (nSPS) is 17.0. The van der Waals surface area contributed by atoms with Gasteiger partial charge < -0.3 is 9.80 Å². The number of nitrogens with zero attached hydrogens (tertiary/aromatic N) is 2. The largest absolute Gasteiger partial charge is 0.314 e. The van der Waals surface area contributed by atoms with E-state index in [1.807, 2.05) is 44.2 Å². The summed E-state index contributed by atoms with van der Waals surface area (Å²) in [6.07, 6.45) is 26.9. The Labute approximate surface area is 322 Å². The number of hydrogen-bond acceptors (Lipinski definition) is 2. The van der Waals surface area contributed by atoms with E-state index in [0.29, 0.717) is 12.2 Å². The molecule has 2 nitrogen and oxygen atoms in total. The van der Waals surface area contributed by atoms with E-state index in [1.165, 1.54) is 28.8 Å². The molecule has 0 aromatic heterocycles. The summed E-state index contributed by atoms with van der Waals surface area (Å²) in [4.78, 5) is 4.64. The van der Waals surface area contributed by atoms with Crippen molar-refractivity contribution in [3.63, 3.8) is 0 Å². The summed E-state index contributed by atoms with van der Waals surface area (Å²) in [7, 11) is 0. The predicted molar refractivity (Wildman–Crippen MR) is 234 cm³/mol. The highest BCUT2D eigenvalue weighted by atomic mass is 19.1. The molecular weight excluding hydrogens is 660 g/mol. The van der Waals surface area contributed by atoms with E-state index in [0.717, 1.165) is 47.3 Å². The van der Waals surface area contributed by atoms with E-state index < -0.39 is 0 Å². The molecule has 3 heteroatoms. The molecule has 0 radical (unpaired) electrons. The zero-order valence-electron chi connectivity index (χ0n) is 31.7. The lowest BCUT2D eigenvalue weighted by Gasteiger charge is -2.28. The fourth-order valence-electron chi connectivity index (χ4n) is 6.17. The molecule has 1 unspecified atom stereocenters. The first-order chi connectivity index (χ1) is 26.7. The van der Waals surface area contributed by atoms with E-state index in [4.69, 9.17) is 0 Å². The Morgan fingerprint density at radius 3 is 1.54 bits per heavy atom. The molecule has 2 aliphatic carbocycles. The molecule has 0 N–H and O–H groups in total. The molecular formula is C51H51FN2. The minimum absolute atomic E-state index is 0.560. The van der Waals surface area contributed by atoms with E-state index in [-0.39, 0.29) is 0 Å². The van der Waals surface area contributed by atoms with Crippen LogP contribution in [-0.4, -0.2) is 0 Å². The van der Waals surface area contributed by atoms with Gasteiger partial charge in [0.25, 0.3) is 0 Å². The molecule has 0 aliphatic heterocycles. The third kappa shape index (κ3) is 11.4. The van der Waals surface area contributed by atoms with Crippen molar-refractivity contribution >= 4 is 41.0 Å². The van der Waals surface area contributed by atoms with Crippen molar-refractivity contribution in [3.05, 3.63) is 223 Å². The Morgan fingerprint density at radius 1 is 0.556 bits per heavy atom. The SMILES string of the molecule is C1=C\C=C(\N(c2ccccc2)c2ccccc2)CC\C=C/1.CC.CC1C=CC(N(c2ccccc2)c2ccc(/C=C/c3ccc(/C=C/F)cc3)cc2)=CC1. The summed E-state index contributed by atoms with van der Waals surface area (Å²) in [5.74, 6) is 0.580. The van der Waals surface area contributed by atoms with Crippen molar-refractivity contribution in [2.75, 3.05) is 9.80 Å². The Balaban J connectivity index is 0.000000212. The van der Waals surface area contributed by atoms with Crippen LogP contribution in [0.15, 0.2) is 206 Å². The highest BCUT2D eigenvalue weighted by Gasteiger charge is 2.16. The number of hydrogen-bond donors (Lipinski definition) is 0. The zero-order chi connectivity index (χ0) is 37.8.